The number of aromatic nitrogens is 5. The Labute approximate surface area is 402 Å². The highest BCUT2D eigenvalue weighted by Gasteiger charge is 2.27. The van der Waals surface area contributed by atoms with Crippen LogP contribution in [-0.2, 0) is 19.7 Å². The van der Waals surface area contributed by atoms with Gasteiger partial charge in [0, 0.05) is 23.8 Å². The van der Waals surface area contributed by atoms with Gasteiger partial charge < -0.3 is 5.32 Å². The maximum Gasteiger partial charge on any atom is 0.213 e. The van der Waals surface area contributed by atoms with Crippen molar-refractivity contribution >= 4 is 102 Å². The Kier molecular flexibility index (Phi) is 11.8. The van der Waals surface area contributed by atoms with Crippen LogP contribution in [0.15, 0.2) is 117 Å². The van der Waals surface area contributed by atoms with E-state index in [1.165, 1.54) is 39.7 Å². The molecular formula is C50H44N10O4S4. The monoisotopic (exact) mass is 976 g/mol. The fraction of sp³-hybridized carbons (Fsp3) is 0.180. The fourth-order valence-corrected chi connectivity index (χ4v) is 11.8. The van der Waals surface area contributed by atoms with Gasteiger partial charge in [-0.2, -0.15) is 15.0 Å². The lowest BCUT2D eigenvalue weighted by atomic mass is 10.0. The average Bonchev–Trinajstić information content (AvgIpc) is 4.00. The van der Waals surface area contributed by atoms with E-state index in [1.54, 1.807) is 30.3 Å². The van der Waals surface area contributed by atoms with Gasteiger partial charge in [-0.05, 0) is 119 Å². The number of pyridine rings is 1. The molecule has 0 unspecified atom stereocenters. The van der Waals surface area contributed by atoms with Gasteiger partial charge in [0.2, 0.25) is 5.13 Å². The zero-order valence-electron chi connectivity index (χ0n) is 38.5. The van der Waals surface area contributed by atoms with Crippen LogP contribution in [0.4, 0.5) is 39.6 Å². The molecule has 18 heteroatoms. The van der Waals surface area contributed by atoms with Crippen LogP contribution in [0.1, 0.15) is 44.5 Å². The first kappa shape index (κ1) is 46.0. The highest BCUT2D eigenvalue weighted by atomic mass is 32.2. The van der Waals surface area contributed by atoms with Gasteiger partial charge in [0.1, 0.15) is 28.8 Å². The summed E-state index contributed by atoms with van der Waals surface area (Å²) in [5.41, 5.74) is 11.3. The summed E-state index contributed by atoms with van der Waals surface area (Å²) in [5.74, 6) is 0.995. The van der Waals surface area contributed by atoms with Gasteiger partial charge in [-0.1, -0.05) is 88.4 Å². The molecule has 0 atom stereocenters. The van der Waals surface area contributed by atoms with Crippen LogP contribution in [0.3, 0.4) is 0 Å². The number of nitrogens with zero attached hydrogens (tertiary/aromatic N) is 9. The van der Waals surface area contributed by atoms with E-state index in [0.29, 0.717) is 64.8 Å². The first-order valence-electron chi connectivity index (χ1n) is 21.2. The number of hydrogen-bond acceptors (Lipinski definition) is 15. The standard InChI is InChI=1S/C50H44N10O4S4/c1-27-19-29(3)43(30(4)20-27)55-47-44(31(5)23-42(54-47)59(46-32(6)21-28(2)22-33(46)7)49-52-38-17-15-35(67(8,61)62)24-40(38)65-49)56-57-48-37(26-51)45(34-13-11-10-12-14-34)58-60(48)50-53-39-18-16-36(68(9,63)64)25-41(39)66-50/h10-25H,1-9H3,(H,54,55)/b57-56+. The molecule has 68 heavy (non-hydrogen) atoms. The van der Waals surface area contributed by atoms with Gasteiger partial charge in [-0.15, -0.1) is 10.2 Å². The van der Waals surface area contributed by atoms with E-state index in [0.717, 1.165) is 51.0 Å². The molecule has 342 valence electrons. The van der Waals surface area contributed by atoms with Gasteiger partial charge in [0.25, 0.3) is 0 Å². The van der Waals surface area contributed by atoms with E-state index < -0.39 is 19.7 Å². The lowest BCUT2D eigenvalue weighted by Gasteiger charge is -2.27. The summed E-state index contributed by atoms with van der Waals surface area (Å²) in [7, 11) is -6.97. The molecule has 9 aromatic rings. The number of hydrogen-bond donors (Lipinski definition) is 1. The Morgan fingerprint density at radius 2 is 1.24 bits per heavy atom. The highest BCUT2D eigenvalue weighted by Crippen LogP contribution is 2.46. The number of azo groups is 1. The lowest BCUT2D eigenvalue weighted by molar-refractivity contribution is 0.600. The lowest BCUT2D eigenvalue weighted by Crippen LogP contribution is -2.15. The van der Waals surface area contributed by atoms with Crippen LogP contribution < -0.4 is 10.2 Å². The first-order chi connectivity index (χ1) is 32.3. The molecule has 4 heterocycles. The normalized spacial score (nSPS) is 12.1. The SMILES string of the molecule is Cc1cc(C)c(Nc2nc(N(c3nc4ccc(S(C)(=O)=O)cc4s3)c3c(C)cc(C)cc3C)cc(C)c2/N=N/c2c(C#N)c(-c3ccccc3)nn2-c2nc3ccc(S(C)(=O)=O)cc3s2)c(C)c1. The van der Waals surface area contributed by atoms with Gasteiger partial charge in [-0.3, -0.25) is 4.90 Å². The molecule has 0 aliphatic rings. The minimum absolute atomic E-state index is 0.112. The molecule has 0 fully saturated rings. The molecule has 1 N–H and O–H groups in total. The van der Waals surface area contributed by atoms with Crippen molar-refractivity contribution in [3.05, 3.63) is 142 Å². The Hall–Kier alpha value is -7.17. The minimum Gasteiger partial charge on any atom is -0.338 e. The van der Waals surface area contributed by atoms with E-state index in [1.807, 2.05) is 89.8 Å². The summed E-state index contributed by atoms with van der Waals surface area (Å²) < 4.78 is 53.0. The first-order valence-corrected chi connectivity index (χ1v) is 26.7. The van der Waals surface area contributed by atoms with Crippen molar-refractivity contribution in [3.8, 4) is 22.5 Å². The third-order valence-electron chi connectivity index (χ3n) is 11.4. The second-order valence-electron chi connectivity index (χ2n) is 16.9. The third kappa shape index (κ3) is 8.76. The summed E-state index contributed by atoms with van der Waals surface area (Å²) in [6.07, 6.45) is 2.34. The zero-order valence-corrected chi connectivity index (χ0v) is 41.8. The molecule has 4 aromatic heterocycles. The van der Waals surface area contributed by atoms with E-state index in [9.17, 15) is 22.1 Å². The van der Waals surface area contributed by atoms with Crippen molar-refractivity contribution < 1.29 is 16.8 Å². The Bertz CT molecular complexity index is 3790. The number of anilines is 5. The maximum atomic E-state index is 12.6. The Balaban J connectivity index is 1.27. The summed E-state index contributed by atoms with van der Waals surface area (Å²) in [6.45, 7) is 14.1. The average molecular weight is 977 g/mol. The third-order valence-corrected chi connectivity index (χ3v) is 15.6. The van der Waals surface area contributed by atoms with Crippen LogP contribution in [-0.4, -0.2) is 54.1 Å². The molecule has 0 saturated carbocycles. The molecule has 0 aliphatic heterocycles. The topological polar surface area (TPSA) is 189 Å². The van der Waals surface area contributed by atoms with Gasteiger partial charge >= 0.3 is 0 Å². The van der Waals surface area contributed by atoms with E-state index in [2.05, 4.69) is 35.7 Å². The molecule has 0 aliphatic carbocycles. The van der Waals surface area contributed by atoms with Crippen LogP contribution in [0.25, 0.3) is 36.8 Å². The number of nitrogens with one attached hydrogen (secondary N) is 1. The fourth-order valence-electron chi connectivity index (χ4n) is 8.37. The Morgan fingerprint density at radius 1 is 0.662 bits per heavy atom. The Morgan fingerprint density at radius 3 is 1.82 bits per heavy atom. The molecule has 5 aromatic carbocycles. The smallest absolute Gasteiger partial charge is 0.213 e. The number of benzene rings is 5. The summed E-state index contributed by atoms with van der Waals surface area (Å²) in [6, 6.07) is 31.6. The minimum atomic E-state index is -3.50. The maximum absolute atomic E-state index is 12.6. The number of sulfone groups is 2. The quantitative estimate of drug-likeness (QED) is 0.121. The van der Waals surface area contributed by atoms with Crippen LogP contribution >= 0.6 is 22.7 Å². The van der Waals surface area contributed by atoms with Crippen molar-refractivity contribution in [2.45, 2.75) is 58.3 Å². The van der Waals surface area contributed by atoms with E-state index >= 15 is 0 Å². The predicted molar refractivity (Wildman–Crippen MR) is 272 cm³/mol. The largest absolute Gasteiger partial charge is 0.338 e. The number of fused-ring (bicyclic) bond motifs is 2. The second-order valence-corrected chi connectivity index (χ2v) is 23.0. The number of thiazole rings is 2. The van der Waals surface area contributed by atoms with E-state index in [-0.39, 0.29) is 21.2 Å². The summed E-state index contributed by atoms with van der Waals surface area (Å²) in [5, 5.41) is 30.0. The molecule has 0 bridgehead atoms. The van der Waals surface area contributed by atoms with Crippen molar-refractivity contribution in [3.63, 3.8) is 0 Å². The molecule has 0 saturated heterocycles. The van der Waals surface area contributed by atoms with Crippen molar-refractivity contribution in [2.24, 2.45) is 10.2 Å². The zero-order chi connectivity index (χ0) is 48.4. The summed E-state index contributed by atoms with van der Waals surface area (Å²) in [4.78, 5) is 17.6. The number of rotatable bonds is 11. The van der Waals surface area contributed by atoms with Gasteiger partial charge in [-0.25, -0.2) is 31.8 Å². The van der Waals surface area contributed by atoms with Crippen molar-refractivity contribution in [1.29, 1.82) is 5.26 Å². The number of nitriles is 1. The molecule has 0 amide bonds. The molecule has 14 nitrogen and oxygen atoms in total. The second kappa shape index (κ2) is 17.5. The van der Waals surface area contributed by atoms with Gasteiger partial charge in [0.05, 0.1) is 35.9 Å². The highest BCUT2D eigenvalue weighted by molar-refractivity contribution is 7.91. The van der Waals surface area contributed by atoms with Crippen LogP contribution in [0.5, 0.6) is 0 Å². The van der Waals surface area contributed by atoms with Crippen molar-refractivity contribution in [1.82, 2.24) is 24.7 Å². The molecule has 0 radical (unpaired) electrons. The van der Waals surface area contributed by atoms with Crippen LogP contribution in [0.2, 0.25) is 0 Å². The molecule has 9 rings (SSSR count). The van der Waals surface area contributed by atoms with Crippen molar-refractivity contribution in [2.75, 3.05) is 22.7 Å². The molecule has 0 spiro atoms. The number of aryl methyl sites for hydroxylation is 7. The van der Waals surface area contributed by atoms with Gasteiger partial charge in [0.15, 0.2) is 36.4 Å². The van der Waals surface area contributed by atoms with E-state index in [4.69, 9.17) is 30.3 Å². The predicted octanol–water partition coefficient (Wildman–Crippen LogP) is 12.6. The summed E-state index contributed by atoms with van der Waals surface area (Å²) >= 11 is 2.57. The molecular weight excluding hydrogens is 933 g/mol. The van der Waals surface area contributed by atoms with Crippen LogP contribution in [0, 0.1) is 59.8 Å².